The van der Waals surface area contributed by atoms with Crippen LogP contribution in [-0.4, -0.2) is 55.5 Å². The van der Waals surface area contributed by atoms with Crippen molar-refractivity contribution in [2.45, 2.75) is 54.3 Å². The summed E-state index contributed by atoms with van der Waals surface area (Å²) in [6.07, 6.45) is 11.4. The van der Waals surface area contributed by atoms with Crippen molar-refractivity contribution in [3.8, 4) is 0 Å². The summed E-state index contributed by atoms with van der Waals surface area (Å²) < 4.78 is 5.26. The highest BCUT2D eigenvalue weighted by atomic mass is 35.5. The summed E-state index contributed by atoms with van der Waals surface area (Å²) in [6, 6.07) is 0. The third-order valence-corrected chi connectivity index (χ3v) is 8.31. The van der Waals surface area contributed by atoms with E-state index in [1.807, 2.05) is 31.2 Å². The molecule has 33 heavy (non-hydrogen) atoms. The third-order valence-electron chi connectivity index (χ3n) is 7.01. The van der Waals surface area contributed by atoms with Crippen LogP contribution in [0.25, 0.3) is 0 Å². The highest BCUT2D eigenvalue weighted by Crippen LogP contribution is 2.52. The molecule has 182 valence electrons. The molecule has 0 spiro atoms. The molecule has 1 heterocycles. The number of aliphatic hydroxyl groups is 2. The van der Waals surface area contributed by atoms with E-state index in [0.717, 1.165) is 0 Å². The number of rotatable bonds is 4. The summed E-state index contributed by atoms with van der Waals surface area (Å²) in [7, 11) is 0. The van der Waals surface area contributed by atoms with Crippen molar-refractivity contribution in [2.75, 3.05) is 6.61 Å². The van der Waals surface area contributed by atoms with Crippen LogP contribution in [0.3, 0.4) is 0 Å². The number of ketones is 2. The number of alkyl halides is 1. The van der Waals surface area contributed by atoms with Gasteiger partial charge >= 0.3 is 5.97 Å². The number of allylic oxidation sites excluding steroid dienone is 5. The fourth-order valence-electron chi connectivity index (χ4n) is 5.36. The summed E-state index contributed by atoms with van der Waals surface area (Å²) in [4.78, 5) is 36.2. The maximum atomic E-state index is 13.8. The predicted octanol–water partition coefficient (Wildman–Crippen LogP) is 2.92. The van der Waals surface area contributed by atoms with Gasteiger partial charge in [0.15, 0.2) is 21.7 Å². The van der Waals surface area contributed by atoms with Gasteiger partial charge < -0.3 is 14.9 Å². The van der Waals surface area contributed by atoms with E-state index in [-0.39, 0.29) is 36.5 Å². The maximum absolute atomic E-state index is 13.8. The molecule has 9 heteroatoms. The molecule has 9 atom stereocenters. The van der Waals surface area contributed by atoms with Crippen LogP contribution < -0.4 is 0 Å². The van der Waals surface area contributed by atoms with Crippen LogP contribution in [0, 0.1) is 29.6 Å². The molecule has 0 aromatic rings. The topological polar surface area (TPSA) is 101 Å². The lowest BCUT2D eigenvalue weighted by molar-refractivity contribution is -0.149. The Morgan fingerprint density at radius 3 is 2.48 bits per heavy atom. The smallest absolute Gasteiger partial charge is 0.327 e. The Hall–Kier alpha value is -1.06. The fraction of sp³-hybridized carbons (Fsp3) is 0.625. The zero-order chi connectivity index (χ0) is 24.6. The van der Waals surface area contributed by atoms with Gasteiger partial charge in [-0.3, -0.25) is 14.4 Å². The Morgan fingerprint density at radius 1 is 1.18 bits per heavy atom. The number of hydrogen-bond acceptors (Lipinski definition) is 8. The normalized spacial score (nSPS) is 42.9. The Kier molecular flexibility index (Phi) is 8.27. The molecular weight excluding hydrogens is 484 g/mol. The van der Waals surface area contributed by atoms with E-state index in [0.29, 0.717) is 6.42 Å². The van der Waals surface area contributed by atoms with Gasteiger partial charge in [-0.15, -0.1) is 24.2 Å². The number of cyclic esters (lactones) is 1. The summed E-state index contributed by atoms with van der Waals surface area (Å²) in [5.74, 6) is -3.51. The molecule has 3 aliphatic rings. The third kappa shape index (κ3) is 5.30. The van der Waals surface area contributed by atoms with E-state index >= 15 is 0 Å². The minimum Gasteiger partial charge on any atom is -0.457 e. The second-order valence-corrected chi connectivity index (χ2v) is 11.3. The van der Waals surface area contributed by atoms with E-state index in [2.05, 4.69) is 25.3 Å². The second kappa shape index (κ2) is 10.3. The minimum atomic E-state index is -1.91. The van der Waals surface area contributed by atoms with Crippen LogP contribution >= 0.6 is 36.9 Å². The molecule has 1 unspecified atom stereocenters. The Labute approximate surface area is 210 Å². The van der Waals surface area contributed by atoms with Gasteiger partial charge in [0.25, 0.3) is 0 Å². The zero-order valence-corrected chi connectivity index (χ0v) is 21.2. The maximum Gasteiger partial charge on any atom is 0.327 e. The first-order valence-corrected chi connectivity index (χ1v) is 12.5. The van der Waals surface area contributed by atoms with Crippen molar-refractivity contribution < 1.29 is 29.3 Å². The lowest BCUT2D eigenvalue weighted by Crippen LogP contribution is -2.59. The molecule has 1 saturated carbocycles. The quantitative estimate of drug-likeness (QED) is 0.115. The number of thiol groups is 2. The van der Waals surface area contributed by atoms with Crippen molar-refractivity contribution in [3.63, 3.8) is 0 Å². The van der Waals surface area contributed by atoms with E-state index in [4.69, 9.17) is 16.3 Å². The van der Waals surface area contributed by atoms with Crippen LogP contribution in [0.2, 0.25) is 0 Å². The monoisotopic (exact) mass is 514 g/mol. The first-order chi connectivity index (χ1) is 15.4. The number of fused-ring (bicyclic) bond motifs is 4. The van der Waals surface area contributed by atoms with E-state index in [1.165, 1.54) is 0 Å². The Morgan fingerprint density at radius 2 is 1.85 bits per heavy atom. The van der Waals surface area contributed by atoms with Crippen molar-refractivity contribution in [1.82, 2.24) is 0 Å². The number of carbonyl (C=O) groups is 3. The van der Waals surface area contributed by atoms with Crippen LogP contribution in [0.1, 0.15) is 33.1 Å². The molecular formula is C24H31ClO6S2. The Balaban J connectivity index is 2.08. The number of halogens is 1. The van der Waals surface area contributed by atoms with Gasteiger partial charge in [-0.25, -0.2) is 0 Å². The molecule has 2 N–H and O–H groups in total. The molecule has 0 radical (unpaired) electrons. The second-order valence-electron chi connectivity index (χ2n) is 9.28. The van der Waals surface area contributed by atoms with Crippen LogP contribution in [-0.2, 0) is 19.1 Å². The lowest BCUT2D eigenvalue weighted by Gasteiger charge is -2.49. The number of esters is 1. The molecule has 0 amide bonds. The minimum absolute atomic E-state index is 0.0518. The van der Waals surface area contributed by atoms with E-state index in [1.54, 1.807) is 19.1 Å². The van der Waals surface area contributed by atoms with Gasteiger partial charge in [-0.2, -0.15) is 12.6 Å². The summed E-state index contributed by atoms with van der Waals surface area (Å²) in [5, 5.41) is 18.3. The van der Waals surface area contributed by atoms with Crippen molar-refractivity contribution in [1.29, 1.82) is 0 Å². The molecule has 0 saturated heterocycles. The van der Waals surface area contributed by atoms with E-state index < -0.39 is 51.2 Å². The van der Waals surface area contributed by atoms with Gasteiger partial charge in [0, 0.05) is 5.92 Å². The first-order valence-electron chi connectivity index (χ1n) is 11.2. The molecule has 2 aliphatic carbocycles. The van der Waals surface area contributed by atoms with Crippen LogP contribution in [0.4, 0.5) is 0 Å². The number of Topliss-reactive ketones (excluding diaryl/α,β-unsaturated/α-hetero) is 2. The molecule has 6 nitrogen and oxygen atoms in total. The van der Waals surface area contributed by atoms with Gasteiger partial charge in [-0.05, 0) is 49.5 Å². The summed E-state index contributed by atoms with van der Waals surface area (Å²) in [6.45, 7) is 3.08. The average molecular weight is 515 g/mol. The Bertz CT molecular complexity index is 884. The SMILES string of the molecule is CC[C@H]1[C@@H]2C(=O)C3(Cl)C[C@H](/C=C\C=C\[C@H](C)OC(=O)[C@@H](S)C3=O)[C@@H]2C=C[C@@H]1C[C@](O)(S)CO. The largest absolute Gasteiger partial charge is 0.457 e. The molecule has 0 aromatic carbocycles. The number of aliphatic hydroxyl groups excluding tert-OH is 1. The number of hydrogen-bond donors (Lipinski definition) is 4. The first kappa shape index (κ1) is 26.5. The molecule has 2 bridgehead atoms. The zero-order valence-electron chi connectivity index (χ0n) is 18.6. The molecule has 1 aliphatic heterocycles. The average Bonchev–Trinajstić information content (AvgIpc) is 2.77. The molecule has 1 fully saturated rings. The summed E-state index contributed by atoms with van der Waals surface area (Å²) in [5.41, 5.74) is 0. The predicted molar refractivity (Wildman–Crippen MR) is 132 cm³/mol. The van der Waals surface area contributed by atoms with Crippen molar-refractivity contribution in [2.24, 2.45) is 29.6 Å². The van der Waals surface area contributed by atoms with Crippen LogP contribution in [0.15, 0.2) is 36.5 Å². The van der Waals surface area contributed by atoms with Crippen molar-refractivity contribution >= 4 is 54.4 Å². The summed E-state index contributed by atoms with van der Waals surface area (Å²) >= 11 is 15.1. The van der Waals surface area contributed by atoms with Crippen LogP contribution in [0.5, 0.6) is 0 Å². The standard InChI is InChI=1S/C24H31ClO6S2/c1-3-16-15(10-23(30,33)12-26)8-9-17-14-7-5-4-6-13(2)31-22(29)19(32)21(28)24(25,11-14)20(27)18(16)17/h4-9,13-19,26,30,32-33H,3,10-12H2,1-2H3/b6-4+,7-5-/t13-,14-,15+,16+,17-,18-,19-,23-,24?/m0/s1. The highest BCUT2D eigenvalue weighted by Gasteiger charge is 2.59. The number of ether oxygens (including phenoxy) is 1. The number of carbonyl (C=O) groups excluding carboxylic acids is 3. The van der Waals surface area contributed by atoms with Gasteiger partial charge in [0.05, 0.1) is 6.61 Å². The highest BCUT2D eigenvalue weighted by molar-refractivity contribution is 7.82. The fourth-order valence-corrected chi connectivity index (χ4v) is 6.35. The van der Waals surface area contributed by atoms with Gasteiger partial charge in [0.1, 0.15) is 11.0 Å². The van der Waals surface area contributed by atoms with Crippen molar-refractivity contribution in [3.05, 3.63) is 36.5 Å². The van der Waals surface area contributed by atoms with Gasteiger partial charge in [0.2, 0.25) is 0 Å². The van der Waals surface area contributed by atoms with Gasteiger partial charge in [-0.1, -0.05) is 43.7 Å². The molecule has 3 rings (SSSR count). The molecule has 0 aromatic heterocycles. The van der Waals surface area contributed by atoms with E-state index in [9.17, 15) is 24.6 Å². The lowest BCUT2D eigenvalue weighted by atomic mass is 9.56.